The van der Waals surface area contributed by atoms with Crippen molar-refractivity contribution in [1.82, 2.24) is 42.5 Å². The molecule has 0 saturated carbocycles. The van der Waals surface area contributed by atoms with E-state index in [-0.39, 0.29) is 18.6 Å². The number of carbonyl (C=O) groups is 14. The second-order valence-electron chi connectivity index (χ2n) is 19.0. The van der Waals surface area contributed by atoms with E-state index in [0.717, 1.165) is 6.92 Å². The molecule has 10 atom stereocenters. The largest absolute Gasteiger partial charge is 0.508 e. The Bertz CT molecular complexity index is 2600. The van der Waals surface area contributed by atoms with E-state index in [1.165, 1.54) is 50.2 Å². The zero-order chi connectivity index (χ0) is 61.3. The number of aliphatic carboxylic acids is 3. The van der Waals surface area contributed by atoms with Crippen LogP contribution in [0.15, 0.2) is 54.6 Å². The molecular formula is C50H70N12O19. The van der Waals surface area contributed by atoms with Crippen LogP contribution in [0.2, 0.25) is 0 Å². The van der Waals surface area contributed by atoms with Crippen LogP contribution in [-0.2, 0) is 80.0 Å². The van der Waals surface area contributed by atoms with Crippen molar-refractivity contribution in [1.29, 1.82) is 0 Å². The lowest BCUT2D eigenvalue weighted by Gasteiger charge is -2.29. The third kappa shape index (κ3) is 25.0. The predicted octanol–water partition coefficient (Wildman–Crippen LogP) is -5.75. The molecule has 0 fully saturated rings. The Balaban J connectivity index is 2.49. The third-order valence-corrected chi connectivity index (χ3v) is 11.9. The van der Waals surface area contributed by atoms with Gasteiger partial charge in [-0.1, -0.05) is 56.3 Å². The maximum Gasteiger partial charge on any atom is 0.326 e. The van der Waals surface area contributed by atoms with Crippen molar-refractivity contribution < 1.29 is 92.7 Å². The van der Waals surface area contributed by atoms with Crippen LogP contribution in [0.25, 0.3) is 0 Å². The van der Waals surface area contributed by atoms with E-state index in [1.807, 2.05) is 0 Å². The molecule has 0 heterocycles. The number of nitrogens with one attached hydrogen (secondary N) is 8. The van der Waals surface area contributed by atoms with Gasteiger partial charge in [0.25, 0.3) is 0 Å². The molecule has 0 aliphatic rings. The first-order chi connectivity index (χ1) is 37.9. The minimum Gasteiger partial charge on any atom is -0.508 e. The molecule has 21 N–H and O–H groups in total. The van der Waals surface area contributed by atoms with Crippen molar-refractivity contribution in [2.45, 2.75) is 145 Å². The van der Waals surface area contributed by atoms with Crippen LogP contribution >= 0.6 is 0 Å². The Morgan fingerprint density at radius 3 is 1.28 bits per heavy atom. The SMILES string of the molecule is CC(C)[C@H](NC(=O)[C@@H](N)CC(=O)O)C(=O)N[C@@H](CCC(=O)O)C(=O)N[C@H](C(=O)N[C@@H](CCC(N)=O)C(=O)N[C@@H](Cc1ccccc1)C(=O)N[C@@H](CC(N)=O)C(=O)N[C@@H](CCC(N)=O)C(=O)N[C@@H](Cc1ccc(O)cc1)C(=O)O)[C@@H](C)O. The van der Waals surface area contributed by atoms with Crippen LogP contribution in [0.4, 0.5) is 0 Å². The highest BCUT2D eigenvalue weighted by Crippen LogP contribution is 2.14. The zero-order valence-corrected chi connectivity index (χ0v) is 44.4. The summed E-state index contributed by atoms with van der Waals surface area (Å²) in [6.07, 6.45) is -7.90. The lowest BCUT2D eigenvalue weighted by molar-refractivity contribution is -0.142. The van der Waals surface area contributed by atoms with E-state index < -0.39 is 201 Å². The number of aromatic hydroxyl groups is 1. The van der Waals surface area contributed by atoms with Crippen molar-refractivity contribution in [3.05, 3.63) is 65.7 Å². The summed E-state index contributed by atoms with van der Waals surface area (Å²) in [6, 6.07) is -2.60. The van der Waals surface area contributed by atoms with Gasteiger partial charge in [0.05, 0.1) is 25.0 Å². The fourth-order valence-electron chi connectivity index (χ4n) is 7.53. The Hall–Kier alpha value is -9.26. The maximum atomic E-state index is 14.3. The summed E-state index contributed by atoms with van der Waals surface area (Å²) in [6.45, 7) is 3.96. The molecule has 0 aliphatic heterocycles. The molecule has 2 rings (SSSR count). The Morgan fingerprint density at radius 1 is 0.432 bits per heavy atom. The molecular weight excluding hydrogens is 1070 g/mol. The average molecular weight is 1140 g/mol. The van der Waals surface area contributed by atoms with E-state index >= 15 is 0 Å². The van der Waals surface area contributed by atoms with Crippen LogP contribution in [0.5, 0.6) is 5.75 Å². The number of carbonyl (C=O) groups excluding carboxylic acids is 11. The topological polar surface area (TPSA) is 540 Å². The first-order valence-electron chi connectivity index (χ1n) is 25.1. The quantitative estimate of drug-likeness (QED) is 0.0302. The zero-order valence-electron chi connectivity index (χ0n) is 44.4. The number of primary amides is 3. The standard InChI is InChI=1S/C50H70N12O19/c1-23(2)40(61-42(72)28(51)21-39(70)71)48(78)56-31(15-18-38(68)69)45(75)62-41(24(3)63)49(79)57-30(14-17-36(53)66)43(73)58-32(19-25-7-5-4-6-8-25)46(76)59-33(22-37(54)67)47(77)55-29(13-16-35(52)65)44(74)60-34(50(80)81)20-26-9-11-27(64)12-10-26/h4-12,23-24,28-34,40-41,63-64H,13-22,51H2,1-3H3,(H2,52,65)(H2,53,66)(H2,54,67)(H,55,77)(H,56,78)(H,57,79)(H,58,73)(H,59,76)(H,60,74)(H,61,72)(H,62,75)(H,68,69)(H,70,71)(H,80,81)/t24-,28+,29+,30+,31+,32+,33+,34+,40+,41+/m1/s1. The molecule has 31 nitrogen and oxygen atoms in total. The molecule has 81 heavy (non-hydrogen) atoms. The summed E-state index contributed by atoms with van der Waals surface area (Å²) in [5.41, 5.74) is 22.5. The van der Waals surface area contributed by atoms with Crippen LogP contribution in [0, 0.1) is 5.92 Å². The van der Waals surface area contributed by atoms with E-state index in [0.29, 0.717) is 11.1 Å². The number of nitrogens with two attached hydrogens (primary N) is 4. The molecule has 0 bridgehead atoms. The summed E-state index contributed by atoms with van der Waals surface area (Å²) in [5.74, 6) is -17.8. The summed E-state index contributed by atoms with van der Waals surface area (Å²) in [4.78, 5) is 181. The molecule has 0 saturated heterocycles. The number of hydrogen-bond donors (Lipinski definition) is 17. The first-order valence-corrected chi connectivity index (χ1v) is 25.1. The minimum absolute atomic E-state index is 0.125. The van der Waals surface area contributed by atoms with Gasteiger partial charge in [-0.3, -0.25) is 62.3 Å². The molecule has 11 amide bonds. The number of aliphatic hydroxyl groups is 1. The van der Waals surface area contributed by atoms with E-state index in [4.69, 9.17) is 28.0 Å². The van der Waals surface area contributed by atoms with Crippen LogP contribution in [0.3, 0.4) is 0 Å². The second-order valence-corrected chi connectivity index (χ2v) is 19.0. The monoisotopic (exact) mass is 1140 g/mol. The van der Waals surface area contributed by atoms with Crippen molar-refractivity contribution in [2.75, 3.05) is 0 Å². The van der Waals surface area contributed by atoms with Gasteiger partial charge in [-0.05, 0) is 55.4 Å². The summed E-state index contributed by atoms with van der Waals surface area (Å²) >= 11 is 0. The lowest BCUT2D eigenvalue weighted by Crippen LogP contribution is -2.62. The molecule has 0 spiro atoms. The number of amides is 11. The Morgan fingerprint density at radius 2 is 0.827 bits per heavy atom. The molecule has 0 aliphatic carbocycles. The number of carboxylic acid groups (broad SMARTS) is 3. The molecule has 0 radical (unpaired) electrons. The van der Waals surface area contributed by atoms with Crippen LogP contribution < -0.4 is 65.5 Å². The van der Waals surface area contributed by atoms with Gasteiger partial charge < -0.3 is 91.0 Å². The fraction of sp³-hybridized carbons (Fsp3) is 0.480. The van der Waals surface area contributed by atoms with Gasteiger partial charge in [-0.15, -0.1) is 0 Å². The molecule has 31 heteroatoms. The summed E-state index contributed by atoms with van der Waals surface area (Å²) in [7, 11) is 0. The Labute approximate surface area is 462 Å². The number of carboxylic acids is 3. The maximum absolute atomic E-state index is 14.3. The smallest absolute Gasteiger partial charge is 0.326 e. The van der Waals surface area contributed by atoms with E-state index in [1.54, 1.807) is 18.2 Å². The van der Waals surface area contributed by atoms with E-state index in [2.05, 4.69) is 42.5 Å². The van der Waals surface area contributed by atoms with Gasteiger partial charge in [0.1, 0.15) is 54.1 Å². The van der Waals surface area contributed by atoms with Crippen molar-refractivity contribution >= 4 is 82.9 Å². The number of aliphatic hydroxyl groups excluding tert-OH is 1. The minimum atomic E-state index is -2.01. The molecule has 0 unspecified atom stereocenters. The Kier molecular flexibility index (Phi) is 27.8. The van der Waals surface area contributed by atoms with Gasteiger partial charge >= 0.3 is 17.9 Å². The highest BCUT2D eigenvalue weighted by molar-refractivity contribution is 5.99. The highest BCUT2D eigenvalue weighted by atomic mass is 16.4. The second kappa shape index (κ2) is 33.2. The predicted molar refractivity (Wildman–Crippen MR) is 279 cm³/mol. The molecule has 444 valence electrons. The molecule has 2 aromatic rings. The number of rotatable bonds is 36. The third-order valence-electron chi connectivity index (χ3n) is 11.9. The molecule has 2 aromatic carbocycles. The van der Waals surface area contributed by atoms with Crippen LogP contribution in [-0.4, -0.2) is 169 Å². The normalized spacial score (nSPS) is 14.6. The number of hydrogen-bond acceptors (Lipinski definition) is 17. The highest BCUT2D eigenvalue weighted by Gasteiger charge is 2.37. The fourth-order valence-corrected chi connectivity index (χ4v) is 7.53. The van der Waals surface area contributed by atoms with Crippen molar-refractivity contribution in [3.63, 3.8) is 0 Å². The van der Waals surface area contributed by atoms with Gasteiger partial charge in [0.2, 0.25) is 65.0 Å². The lowest BCUT2D eigenvalue weighted by atomic mass is 10.0. The molecule has 0 aromatic heterocycles. The summed E-state index contributed by atoms with van der Waals surface area (Å²) in [5, 5.41) is 66.9. The van der Waals surface area contributed by atoms with Crippen molar-refractivity contribution in [2.24, 2.45) is 28.9 Å². The first kappa shape index (κ1) is 67.8. The van der Waals surface area contributed by atoms with Gasteiger partial charge in [-0.2, -0.15) is 0 Å². The summed E-state index contributed by atoms with van der Waals surface area (Å²) < 4.78 is 0. The number of benzene rings is 2. The number of phenols is 1. The average Bonchev–Trinajstić information content (AvgIpc) is 3.37. The number of phenolic OH excluding ortho intramolecular Hbond substituents is 1. The van der Waals surface area contributed by atoms with Crippen molar-refractivity contribution in [3.8, 4) is 5.75 Å². The van der Waals surface area contributed by atoms with Crippen LogP contribution in [0.1, 0.15) is 83.3 Å². The van der Waals surface area contributed by atoms with Gasteiger partial charge in [-0.25, -0.2) is 4.79 Å². The van der Waals surface area contributed by atoms with E-state index in [9.17, 15) is 87.5 Å². The van der Waals surface area contributed by atoms with Gasteiger partial charge in [0.15, 0.2) is 0 Å². The van der Waals surface area contributed by atoms with Gasteiger partial charge in [0, 0.05) is 32.1 Å².